The summed E-state index contributed by atoms with van der Waals surface area (Å²) in [5.41, 5.74) is 1.98. The molecular formula is C20H24N6O. The number of carbonyl (C=O) groups excluding carboxylic acids is 1. The van der Waals surface area contributed by atoms with Crippen LogP contribution in [0.15, 0.2) is 48.7 Å². The number of hydrogen-bond donors (Lipinski definition) is 3. The average molecular weight is 364 g/mol. The van der Waals surface area contributed by atoms with Crippen LogP contribution in [0, 0.1) is 0 Å². The van der Waals surface area contributed by atoms with Gasteiger partial charge in [-0.2, -0.15) is 0 Å². The number of benzene rings is 1. The third-order valence-corrected chi connectivity index (χ3v) is 4.89. The van der Waals surface area contributed by atoms with Crippen LogP contribution in [0.3, 0.4) is 0 Å². The second-order valence-corrected chi connectivity index (χ2v) is 6.80. The van der Waals surface area contributed by atoms with Crippen LogP contribution in [0.1, 0.15) is 18.7 Å². The molecule has 2 amide bonds. The summed E-state index contributed by atoms with van der Waals surface area (Å²) in [6, 6.07) is 14.0. The fourth-order valence-corrected chi connectivity index (χ4v) is 3.45. The summed E-state index contributed by atoms with van der Waals surface area (Å²) >= 11 is 0. The van der Waals surface area contributed by atoms with Crippen LogP contribution in [-0.4, -0.2) is 46.7 Å². The van der Waals surface area contributed by atoms with Crippen molar-refractivity contribution >= 4 is 22.9 Å². The van der Waals surface area contributed by atoms with Gasteiger partial charge >= 0.3 is 6.03 Å². The zero-order valence-corrected chi connectivity index (χ0v) is 15.2. The van der Waals surface area contributed by atoms with E-state index in [0.29, 0.717) is 13.0 Å². The second kappa shape index (κ2) is 8.07. The van der Waals surface area contributed by atoms with Crippen LogP contribution in [0.25, 0.3) is 11.0 Å². The predicted octanol–water partition coefficient (Wildman–Crippen LogP) is 2.47. The van der Waals surface area contributed by atoms with Gasteiger partial charge in [-0.05, 0) is 37.1 Å². The zero-order valence-electron chi connectivity index (χ0n) is 15.2. The van der Waals surface area contributed by atoms with Gasteiger partial charge in [0.05, 0.1) is 11.0 Å². The number of imidazole rings is 1. The molecule has 27 heavy (non-hydrogen) atoms. The Balaban J connectivity index is 1.19. The van der Waals surface area contributed by atoms with E-state index in [-0.39, 0.29) is 12.1 Å². The molecule has 3 N–H and O–H groups in total. The van der Waals surface area contributed by atoms with Crippen molar-refractivity contribution in [1.82, 2.24) is 25.6 Å². The minimum absolute atomic E-state index is 0.109. The molecule has 1 aliphatic rings. The molecule has 1 aromatic carbocycles. The summed E-state index contributed by atoms with van der Waals surface area (Å²) in [5, 5.41) is 6.01. The monoisotopic (exact) mass is 364 g/mol. The fraction of sp³-hybridized carbons (Fsp3) is 0.350. The summed E-state index contributed by atoms with van der Waals surface area (Å²) in [6.45, 7) is 2.36. The number of fused-ring (bicyclic) bond motifs is 1. The van der Waals surface area contributed by atoms with E-state index >= 15 is 0 Å². The minimum Gasteiger partial charge on any atom is -0.356 e. The van der Waals surface area contributed by atoms with E-state index < -0.39 is 0 Å². The summed E-state index contributed by atoms with van der Waals surface area (Å²) in [5.74, 6) is 1.89. The molecule has 0 bridgehead atoms. The number of carbonyl (C=O) groups is 1. The number of H-pyrrole nitrogens is 1. The number of anilines is 1. The summed E-state index contributed by atoms with van der Waals surface area (Å²) < 4.78 is 0. The van der Waals surface area contributed by atoms with Gasteiger partial charge in [0.15, 0.2) is 0 Å². The topological polar surface area (TPSA) is 85.9 Å². The Morgan fingerprint density at radius 3 is 2.74 bits per heavy atom. The highest BCUT2D eigenvalue weighted by Crippen LogP contribution is 2.17. The lowest BCUT2D eigenvalue weighted by molar-refractivity contribution is 0.234. The molecule has 2 aromatic heterocycles. The van der Waals surface area contributed by atoms with Crippen LogP contribution in [0.4, 0.5) is 10.6 Å². The van der Waals surface area contributed by atoms with Crippen LogP contribution >= 0.6 is 0 Å². The summed E-state index contributed by atoms with van der Waals surface area (Å²) in [4.78, 5) is 26.6. The van der Waals surface area contributed by atoms with Gasteiger partial charge in [-0.15, -0.1) is 0 Å². The lowest BCUT2D eigenvalue weighted by atomic mass is 10.1. The first-order valence-corrected chi connectivity index (χ1v) is 9.42. The van der Waals surface area contributed by atoms with Crippen molar-refractivity contribution < 1.29 is 4.79 Å². The van der Waals surface area contributed by atoms with E-state index in [1.807, 2.05) is 48.7 Å². The number of hydrogen-bond acceptors (Lipinski definition) is 4. The molecule has 1 fully saturated rings. The molecule has 7 heteroatoms. The SMILES string of the molecule is O=C(NCCc1nc2ccccc2[nH]1)NC1CCN(c2ccccn2)CC1. The number of piperidine rings is 1. The zero-order chi connectivity index (χ0) is 18.5. The lowest BCUT2D eigenvalue weighted by Gasteiger charge is -2.33. The third kappa shape index (κ3) is 4.36. The number of nitrogens with one attached hydrogen (secondary N) is 3. The molecule has 0 unspecified atom stereocenters. The normalized spacial score (nSPS) is 15.0. The van der Waals surface area contributed by atoms with Crippen LogP contribution in [0.5, 0.6) is 0 Å². The number of rotatable bonds is 5. The molecule has 0 radical (unpaired) electrons. The third-order valence-electron chi connectivity index (χ3n) is 4.89. The number of urea groups is 1. The fourth-order valence-electron chi connectivity index (χ4n) is 3.45. The molecule has 0 aliphatic carbocycles. The molecule has 3 aromatic rings. The van der Waals surface area contributed by atoms with Crippen molar-refractivity contribution in [1.29, 1.82) is 0 Å². The van der Waals surface area contributed by atoms with E-state index in [9.17, 15) is 4.79 Å². The number of pyridine rings is 1. The van der Waals surface area contributed by atoms with E-state index in [4.69, 9.17) is 0 Å². The number of amides is 2. The molecule has 1 aliphatic heterocycles. The van der Waals surface area contributed by atoms with Crippen molar-refractivity contribution in [2.45, 2.75) is 25.3 Å². The number of aromatic amines is 1. The highest BCUT2D eigenvalue weighted by atomic mass is 16.2. The molecule has 140 valence electrons. The van der Waals surface area contributed by atoms with Gasteiger partial charge in [-0.25, -0.2) is 14.8 Å². The smallest absolute Gasteiger partial charge is 0.315 e. The molecule has 0 saturated carbocycles. The number of nitrogens with zero attached hydrogens (tertiary/aromatic N) is 3. The maximum Gasteiger partial charge on any atom is 0.315 e. The van der Waals surface area contributed by atoms with Crippen LogP contribution < -0.4 is 15.5 Å². The number of aromatic nitrogens is 3. The number of para-hydroxylation sites is 2. The standard InChI is InChI=1S/C20H24N6O/c27-20(22-12-8-18-24-16-5-1-2-6-17(16)25-18)23-15-9-13-26(14-10-15)19-7-3-4-11-21-19/h1-7,11,15H,8-10,12-14H2,(H,24,25)(H2,22,23,27). The summed E-state index contributed by atoms with van der Waals surface area (Å²) in [6.07, 6.45) is 4.34. The highest BCUT2D eigenvalue weighted by Gasteiger charge is 2.21. The van der Waals surface area contributed by atoms with Crippen molar-refractivity contribution in [3.05, 3.63) is 54.5 Å². The Bertz CT molecular complexity index is 853. The van der Waals surface area contributed by atoms with Gasteiger partial charge in [0.2, 0.25) is 0 Å². The van der Waals surface area contributed by atoms with Crippen LogP contribution in [0.2, 0.25) is 0 Å². The Morgan fingerprint density at radius 2 is 1.96 bits per heavy atom. The van der Waals surface area contributed by atoms with Crippen molar-refractivity contribution in [2.24, 2.45) is 0 Å². The molecule has 1 saturated heterocycles. The van der Waals surface area contributed by atoms with Gasteiger partial charge in [0.25, 0.3) is 0 Å². The Labute approximate surface area is 158 Å². The van der Waals surface area contributed by atoms with Gasteiger partial charge in [0, 0.05) is 38.3 Å². The van der Waals surface area contributed by atoms with Crippen molar-refractivity contribution in [3.8, 4) is 0 Å². The first-order valence-electron chi connectivity index (χ1n) is 9.42. The van der Waals surface area contributed by atoms with Gasteiger partial charge in [-0.1, -0.05) is 18.2 Å². The second-order valence-electron chi connectivity index (χ2n) is 6.80. The molecule has 7 nitrogen and oxygen atoms in total. The Kier molecular flexibility index (Phi) is 5.18. The quantitative estimate of drug-likeness (QED) is 0.649. The summed E-state index contributed by atoms with van der Waals surface area (Å²) in [7, 11) is 0. The van der Waals surface area contributed by atoms with E-state index in [1.165, 1.54) is 0 Å². The van der Waals surface area contributed by atoms with E-state index in [0.717, 1.165) is 48.6 Å². The predicted molar refractivity (Wildman–Crippen MR) is 106 cm³/mol. The molecule has 3 heterocycles. The molecule has 0 spiro atoms. The van der Waals surface area contributed by atoms with E-state index in [2.05, 4.69) is 30.5 Å². The first-order chi connectivity index (χ1) is 13.3. The van der Waals surface area contributed by atoms with Gasteiger partial charge < -0.3 is 20.5 Å². The first kappa shape index (κ1) is 17.3. The Hall–Kier alpha value is -3.09. The van der Waals surface area contributed by atoms with Gasteiger partial charge in [-0.3, -0.25) is 0 Å². The largest absolute Gasteiger partial charge is 0.356 e. The maximum absolute atomic E-state index is 12.1. The maximum atomic E-state index is 12.1. The van der Waals surface area contributed by atoms with Crippen molar-refractivity contribution in [2.75, 3.05) is 24.5 Å². The lowest BCUT2D eigenvalue weighted by Crippen LogP contribution is -2.48. The minimum atomic E-state index is -0.109. The van der Waals surface area contributed by atoms with Crippen molar-refractivity contribution in [3.63, 3.8) is 0 Å². The molecule has 0 atom stereocenters. The molecular weight excluding hydrogens is 340 g/mol. The molecule has 4 rings (SSSR count). The Morgan fingerprint density at radius 1 is 1.15 bits per heavy atom. The van der Waals surface area contributed by atoms with Gasteiger partial charge in [0.1, 0.15) is 11.6 Å². The van der Waals surface area contributed by atoms with E-state index in [1.54, 1.807) is 0 Å². The average Bonchev–Trinajstić information content (AvgIpc) is 3.12. The van der Waals surface area contributed by atoms with Crippen LogP contribution in [-0.2, 0) is 6.42 Å². The highest BCUT2D eigenvalue weighted by molar-refractivity contribution is 5.75.